The van der Waals surface area contributed by atoms with Gasteiger partial charge in [0, 0.05) is 0 Å². The quantitative estimate of drug-likeness (QED) is 0.226. The molecule has 0 aliphatic heterocycles. The smallest absolute Gasteiger partial charge is 0.264 e. The fraction of sp³-hybridized carbons (Fsp3) is 1.00. The summed E-state index contributed by atoms with van der Waals surface area (Å²) in [6.07, 6.45) is 11.5. The maximum Gasteiger partial charge on any atom is 0.264 e. The van der Waals surface area contributed by atoms with Gasteiger partial charge < -0.3 is 4.48 Å². The van der Waals surface area contributed by atoms with Crippen LogP contribution < -0.4 is 0 Å². The lowest BCUT2D eigenvalue weighted by atomic mass is 10.1. The van der Waals surface area contributed by atoms with E-state index in [1.807, 2.05) is 0 Å². The third kappa shape index (κ3) is 18.5. The molecule has 0 aliphatic carbocycles. The SMILES string of the molecule is CCCCCCCCS(=O)(=O)O.CCC[N+](CCC)(CCC)CCC. The molecule has 0 aromatic carbocycles. The van der Waals surface area contributed by atoms with Gasteiger partial charge in [0.2, 0.25) is 0 Å². The second-order valence-corrected chi connectivity index (χ2v) is 8.86. The van der Waals surface area contributed by atoms with Crippen molar-refractivity contribution in [3.8, 4) is 0 Å². The molecule has 0 fully saturated rings. The minimum Gasteiger partial charge on any atom is -0.324 e. The Balaban J connectivity index is 0. The van der Waals surface area contributed by atoms with E-state index in [0.717, 1.165) is 12.8 Å². The summed E-state index contributed by atoms with van der Waals surface area (Å²) in [5.41, 5.74) is 0. The van der Waals surface area contributed by atoms with Crippen molar-refractivity contribution in [2.45, 2.75) is 98.8 Å². The lowest BCUT2D eigenvalue weighted by Gasteiger charge is -2.38. The molecule has 5 heteroatoms. The van der Waals surface area contributed by atoms with Gasteiger partial charge in [0.1, 0.15) is 0 Å². The van der Waals surface area contributed by atoms with Crippen LogP contribution in [-0.2, 0) is 10.1 Å². The molecule has 0 aromatic heterocycles. The topological polar surface area (TPSA) is 54.4 Å². The number of quaternary nitrogens is 1. The van der Waals surface area contributed by atoms with Crippen LogP contribution in [0, 0.1) is 0 Å². The summed E-state index contributed by atoms with van der Waals surface area (Å²) >= 11 is 0. The van der Waals surface area contributed by atoms with Gasteiger partial charge in [0.25, 0.3) is 10.1 Å². The number of unbranched alkanes of at least 4 members (excludes halogenated alkanes) is 5. The highest BCUT2D eigenvalue weighted by atomic mass is 32.2. The zero-order chi connectivity index (χ0) is 19.6. The van der Waals surface area contributed by atoms with Crippen molar-refractivity contribution in [1.29, 1.82) is 0 Å². The summed E-state index contributed by atoms with van der Waals surface area (Å²) in [5, 5.41) is 0. The molecule has 0 spiro atoms. The Labute approximate surface area is 158 Å². The minimum atomic E-state index is -3.72. The minimum absolute atomic E-state index is 0.0842. The third-order valence-corrected chi connectivity index (χ3v) is 5.35. The van der Waals surface area contributed by atoms with Crippen molar-refractivity contribution in [2.75, 3.05) is 31.9 Å². The highest BCUT2D eigenvalue weighted by Gasteiger charge is 2.22. The average molecular weight is 381 g/mol. The van der Waals surface area contributed by atoms with Crippen molar-refractivity contribution in [1.82, 2.24) is 0 Å². The van der Waals surface area contributed by atoms with Gasteiger partial charge in [-0.3, -0.25) is 4.55 Å². The molecular weight excluding hydrogens is 334 g/mol. The molecule has 0 amide bonds. The summed E-state index contributed by atoms with van der Waals surface area (Å²) in [6.45, 7) is 16.9. The molecule has 0 unspecified atom stereocenters. The van der Waals surface area contributed by atoms with Crippen LogP contribution in [0.1, 0.15) is 98.8 Å². The number of hydrogen-bond acceptors (Lipinski definition) is 2. The zero-order valence-electron chi connectivity index (χ0n) is 17.7. The van der Waals surface area contributed by atoms with Gasteiger partial charge >= 0.3 is 0 Å². The first kappa shape index (κ1) is 27.1. The van der Waals surface area contributed by atoms with Gasteiger partial charge in [0.05, 0.1) is 31.9 Å². The van der Waals surface area contributed by atoms with Crippen molar-refractivity contribution < 1.29 is 17.5 Å². The van der Waals surface area contributed by atoms with Crippen molar-refractivity contribution in [2.24, 2.45) is 0 Å². The summed E-state index contributed by atoms with van der Waals surface area (Å²) < 4.78 is 30.3. The maximum atomic E-state index is 10.3. The molecule has 4 nitrogen and oxygen atoms in total. The van der Waals surface area contributed by atoms with E-state index in [1.54, 1.807) is 0 Å². The first-order chi connectivity index (χ1) is 11.8. The molecule has 0 rings (SSSR count). The molecule has 0 aromatic rings. The highest BCUT2D eigenvalue weighted by molar-refractivity contribution is 7.85. The Kier molecular flexibility index (Phi) is 18.7. The van der Waals surface area contributed by atoms with E-state index in [9.17, 15) is 8.42 Å². The molecule has 0 saturated carbocycles. The summed E-state index contributed by atoms with van der Waals surface area (Å²) in [5.74, 6) is -0.0842. The fourth-order valence-electron chi connectivity index (χ4n) is 3.63. The largest absolute Gasteiger partial charge is 0.324 e. The Morgan fingerprint density at radius 2 is 0.960 bits per heavy atom. The third-order valence-electron chi connectivity index (χ3n) is 4.55. The molecule has 0 aliphatic rings. The van der Waals surface area contributed by atoms with Gasteiger partial charge in [-0.2, -0.15) is 8.42 Å². The van der Waals surface area contributed by atoms with Crippen LogP contribution in [0.5, 0.6) is 0 Å². The van der Waals surface area contributed by atoms with Crippen LogP contribution in [0.15, 0.2) is 0 Å². The molecule has 1 N–H and O–H groups in total. The van der Waals surface area contributed by atoms with E-state index in [0.29, 0.717) is 6.42 Å². The number of nitrogens with zero attached hydrogens (tertiary/aromatic N) is 1. The fourth-order valence-corrected chi connectivity index (χ4v) is 4.20. The summed E-state index contributed by atoms with van der Waals surface area (Å²) in [6, 6.07) is 0. The molecule has 154 valence electrons. The number of rotatable bonds is 15. The molecule has 0 saturated heterocycles. The number of hydrogen-bond donors (Lipinski definition) is 1. The molecule has 0 heterocycles. The van der Waals surface area contributed by atoms with Crippen LogP contribution >= 0.6 is 0 Å². The van der Waals surface area contributed by atoms with Gasteiger partial charge in [-0.15, -0.1) is 0 Å². The van der Waals surface area contributed by atoms with E-state index in [1.165, 1.54) is 75.6 Å². The average Bonchev–Trinajstić information content (AvgIpc) is 2.51. The second kappa shape index (κ2) is 17.3. The predicted octanol–water partition coefficient (Wildman–Crippen LogP) is 5.68. The standard InChI is InChI=1S/C12H28N.C8H18O3S/c1-5-9-13(10-6-2,11-7-3)12-8-4;1-2-3-4-5-6-7-8-12(9,10)11/h5-12H2,1-4H3;2-8H2,1H3,(H,9,10,11)/q+1;. The van der Waals surface area contributed by atoms with Crippen LogP contribution in [0.25, 0.3) is 0 Å². The van der Waals surface area contributed by atoms with Crippen molar-refractivity contribution in [3.05, 3.63) is 0 Å². The van der Waals surface area contributed by atoms with Gasteiger partial charge in [-0.1, -0.05) is 66.7 Å². The van der Waals surface area contributed by atoms with E-state index in [2.05, 4.69) is 34.6 Å². The van der Waals surface area contributed by atoms with Crippen LogP contribution in [0.3, 0.4) is 0 Å². The van der Waals surface area contributed by atoms with Crippen LogP contribution in [0.4, 0.5) is 0 Å². The molecule has 25 heavy (non-hydrogen) atoms. The first-order valence-corrected chi connectivity index (χ1v) is 12.2. The molecule has 0 bridgehead atoms. The van der Waals surface area contributed by atoms with Crippen LogP contribution in [0.2, 0.25) is 0 Å². The first-order valence-electron chi connectivity index (χ1n) is 10.6. The van der Waals surface area contributed by atoms with Gasteiger partial charge in [-0.05, 0) is 32.1 Å². The lowest BCUT2D eigenvalue weighted by Crippen LogP contribution is -2.50. The Morgan fingerprint density at radius 1 is 0.600 bits per heavy atom. The van der Waals surface area contributed by atoms with E-state index in [4.69, 9.17) is 4.55 Å². The van der Waals surface area contributed by atoms with E-state index >= 15 is 0 Å². The normalized spacial score (nSPS) is 11.9. The summed E-state index contributed by atoms with van der Waals surface area (Å²) in [4.78, 5) is 0. The Hall–Kier alpha value is -0.130. The second-order valence-electron chi connectivity index (χ2n) is 7.29. The van der Waals surface area contributed by atoms with Gasteiger partial charge in [0.15, 0.2) is 0 Å². The zero-order valence-corrected chi connectivity index (χ0v) is 18.5. The predicted molar refractivity (Wildman–Crippen MR) is 111 cm³/mol. The Morgan fingerprint density at radius 3 is 1.28 bits per heavy atom. The molecule has 0 atom stereocenters. The van der Waals surface area contributed by atoms with E-state index < -0.39 is 10.1 Å². The lowest BCUT2D eigenvalue weighted by molar-refractivity contribution is -0.928. The Bertz CT molecular complexity index is 340. The highest BCUT2D eigenvalue weighted by Crippen LogP contribution is 2.12. The monoisotopic (exact) mass is 380 g/mol. The molecular formula is C20H46NO3S+. The molecule has 0 radical (unpaired) electrons. The summed E-state index contributed by atoms with van der Waals surface area (Å²) in [7, 11) is -3.72. The maximum absolute atomic E-state index is 10.3. The van der Waals surface area contributed by atoms with Crippen molar-refractivity contribution >= 4 is 10.1 Å². The van der Waals surface area contributed by atoms with Gasteiger partial charge in [-0.25, -0.2) is 0 Å². The van der Waals surface area contributed by atoms with E-state index in [-0.39, 0.29) is 5.75 Å². The van der Waals surface area contributed by atoms with Crippen LogP contribution in [-0.4, -0.2) is 49.4 Å². The van der Waals surface area contributed by atoms with Crippen molar-refractivity contribution in [3.63, 3.8) is 0 Å².